The molecular formula is C35H21Br. The highest BCUT2D eigenvalue weighted by Crippen LogP contribution is 2.58. The molecule has 0 radical (unpaired) electrons. The van der Waals surface area contributed by atoms with E-state index in [4.69, 9.17) is 0 Å². The maximum absolute atomic E-state index is 3.68. The molecule has 1 aliphatic carbocycles. The van der Waals surface area contributed by atoms with Gasteiger partial charge in [0.15, 0.2) is 0 Å². The van der Waals surface area contributed by atoms with Crippen LogP contribution in [0.25, 0.3) is 43.4 Å². The first-order valence-electron chi connectivity index (χ1n) is 12.4. The van der Waals surface area contributed by atoms with Gasteiger partial charge in [0.2, 0.25) is 0 Å². The van der Waals surface area contributed by atoms with Crippen molar-refractivity contribution in [2.75, 3.05) is 0 Å². The maximum Gasteiger partial charge on any atom is 0.0719 e. The van der Waals surface area contributed by atoms with Gasteiger partial charge in [-0.3, -0.25) is 0 Å². The van der Waals surface area contributed by atoms with E-state index in [1.807, 2.05) is 0 Å². The van der Waals surface area contributed by atoms with Gasteiger partial charge in [0.1, 0.15) is 0 Å². The zero-order valence-corrected chi connectivity index (χ0v) is 21.1. The Morgan fingerprint density at radius 3 is 1.72 bits per heavy atom. The van der Waals surface area contributed by atoms with Gasteiger partial charge < -0.3 is 0 Å². The lowest BCUT2D eigenvalue weighted by Crippen LogP contribution is -2.29. The van der Waals surface area contributed by atoms with Crippen LogP contribution in [0.1, 0.15) is 22.3 Å². The van der Waals surface area contributed by atoms with Crippen LogP contribution in [0, 0.1) is 0 Å². The lowest BCUT2D eigenvalue weighted by Gasteiger charge is -2.35. The molecule has 0 nitrogen and oxygen atoms in total. The molecule has 168 valence electrons. The zero-order chi connectivity index (χ0) is 23.9. The third kappa shape index (κ3) is 2.49. The first-order valence-corrected chi connectivity index (χ1v) is 13.2. The molecule has 0 aromatic heterocycles. The molecular weight excluding hydrogens is 500 g/mol. The van der Waals surface area contributed by atoms with Crippen LogP contribution < -0.4 is 0 Å². The highest BCUT2D eigenvalue weighted by molar-refractivity contribution is 9.10. The van der Waals surface area contributed by atoms with Crippen molar-refractivity contribution in [3.05, 3.63) is 154 Å². The van der Waals surface area contributed by atoms with Gasteiger partial charge >= 0.3 is 0 Å². The molecule has 0 amide bonds. The lowest BCUT2D eigenvalue weighted by molar-refractivity contribution is 0.777. The fourth-order valence-electron chi connectivity index (χ4n) is 6.76. The highest BCUT2D eigenvalue weighted by atomic mass is 79.9. The van der Waals surface area contributed by atoms with Crippen molar-refractivity contribution in [2.45, 2.75) is 5.41 Å². The molecule has 1 aliphatic rings. The van der Waals surface area contributed by atoms with Crippen LogP contribution >= 0.6 is 15.9 Å². The van der Waals surface area contributed by atoms with Gasteiger partial charge in [0.05, 0.1) is 5.41 Å². The minimum absolute atomic E-state index is 0.419. The molecule has 7 aromatic carbocycles. The van der Waals surface area contributed by atoms with E-state index in [-0.39, 0.29) is 0 Å². The fourth-order valence-corrected chi connectivity index (χ4v) is 7.03. The molecule has 0 fully saturated rings. The Balaban J connectivity index is 1.65. The summed E-state index contributed by atoms with van der Waals surface area (Å²) in [6.45, 7) is 0. The van der Waals surface area contributed by atoms with Crippen molar-refractivity contribution in [1.29, 1.82) is 0 Å². The Bertz CT molecular complexity index is 1900. The summed E-state index contributed by atoms with van der Waals surface area (Å²) in [5, 5.41) is 7.94. The predicted molar refractivity (Wildman–Crippen MR) is 155 cm³/mol. The molecule has 0 bridgehead atoms. The van der Waals surface area contributed by atoms with Crippen LogP contribution in [0.4, 0.5) is 0 Å². The SMILES string of the molecule is Brc1ccc(C2(c3cc4cccc5ccc6cccc3c6c54)c3ccccc3-c3ccccc32)cc1. The summed E-state index contributed by atoms with van der Waals surface area (Å²) in [6.07, 6.45) is 0. The van der Waals surface area contributed by atoms with Crippen molar-refractivity contribution >= 4 is 48.2 Å². The van der Waals surface area contributed by atoms with Crippen molar-refractivity contribution < 1.29 is 0 Å². The molecule has 0 atom stereocenters. The first kappa shape index (κ1) is 20.3. The molecule has 0 saturated heterocycles. The molecule has 0 aliphatic heterocycles. The topological polar surface area (TPSA) is 0 Å². The van der Waals surface area contributed by atoms with E-state index in [0.29, 0.717) is 0 Å². The van der Waals surface area contributed by atoms with E-state index in [9.17, 15) is 0 Å². The van der Waals surface area contributed by atoms with Gasteiger partial charge in [-0.25, -0.2) is 0 Å². The van der Waals surface area contributed by atoms with Gasteiger partial charge in [-0.1, -0.05) is 125 Å². The second-order valence-corrected chi connectivity index (χ2v) is 10.7. The summed E-state index contributed by atoms with van der Waals surface area (Å²) in [7, 11) is 0. The molecule has 0 unspecified atom stereocenters. The number of hydrogen-bond donors (Lipinski definition) is 0. The van der Waals surface area contributed by atoms with Gasteiger partial charge in [0.25, 0.3) is 0 Å². The number of benzene rings is 7. The molecule has 0 spiro atoms. The van der Waals surface area contributed by atoms with Gasteiger partial charge in [0, 0.05) is 4.47 Å². The first-order chi connectivity index (χ1) is 17.8. The molecule has 7 aromatic rings. The van der Waals surface area contributed by atoms with Crippen molar-refractivity contribution in [1.82, 2.24) is 0 Å². The van der Waals surface area contributed by atoms with Crippen molar-refractivity contribution in [2.24, 2.45) is 0 Å². The summed E-state index contributed by atoms with van der Waals surface area (Å²) in [6, 6.07) is 47.4. The van der Waals surface area contributed by atoms with Crippen molar-refractivity contribution in [3.8, 4) is 11.1 Å². The number of hydrogen-bond acceptors (Lipinski definition) is 0. The molecule has 1 heteroatoms. The Morgan fingerprint density at radius 2 is 1.03 bits per heavy atom. The van der Waals surface area contributed by atoms with Crippen LogP contribution in [0.2, 0.25) is 0 Å². The minimum Gasteiger partial charge on any atom is -0.0619 e. The smallest absolute Gasteiger partial charge is 0.0619 e. The Morgan fingerprint density at radius 1 is 0.444 bits per heavy atom. The molecule has 0 N–H and O–H groups in total. The van der Waals surface area contributed by atoms with Crippen LogP contribution in [-0.4, -0.2) is 0 Å². The number of halogens is 1. The Hall–Kier alpha value is -3.94. The Labute approximate surface area is 218 Å². The third-order valence-electron chi connectivity index (χ3n) is 8.14. The molecule has 0 saturated carbocycles. The largest absolute Gasteiger partial charge is 0.0719 e. The second-order valence-electron chi connectivity index (χ2n) is 9.82. The second kappa shape index (κ2) is 7.29. The zero-order valence-electron chi connectivity index (χ0n) is 19.5. The van der Waals surface area contributed by atoms with E-state index in [2.05, 4.69) is 143 Å². The van der Waals surface area contributed by atoms with E-state index in [0.717, 1.165) is 4.47 Å². The standard InChI is InChI=1S/C35H21Br/c36-26-19-17-25(18-20-26)35(30-13-3-1-10-27(30)28-11-2-4-14-31(28)35)32-21-24-9-5-7-22-15-16-23-8-6-12-29(32)34(23)33(22)24/h1-21H. The Kier molecular flexibility index (Phi) is 4.10. The molecule has 8 rings (SSSR count). The summed E-state index contributed by atoms with van der Waals surface area (Å²) in [5.41, 5.74) is 7.56. The monoisotopic (exact) mass is 520 g/mol. The predicted octanol–water partition coefficient (Wildman–Crippen LogP) is 9.71. The lowest BCUT2D eigenvalue weighted by atomic mass is 9.66. The van der Waals surface area contributed by atoms with E-state index >= 15 is 0 Å². The van der Waals surface area contributed by atoms with Gasteiger partial charge in [-0.15, -0.1) is 0 Å². The number of fused-ring (bicyclic) bond motifs is 3. The fraction of sp³-hybridized carbons (Fsp3) is 0.0286. The van der Waals surface area contributed by atoms with Crippen molar-refractivity contribution in [3.63, 3.8) is 0 Å². The van der Waals surface area contributed by atoms with Crippen LogP contribution in [0.3, 0.4) is 0 Å². The quantitative estimate of drug-likeness (QED) is 0.199. The third-order valence-corrected chi connectivity index (χ3v) is 8.67. The summed E-state index contributed by atoms with van der Waals surface area (Å²) >= 11 is 3.68. The van der Waals surface area contributed by atoms with Crippen LogP contribution in [-0.2, 0) is 5.41 Å². The highest BCUT2D eigenvalue weighted by Gasteiger charge is 2.46. The van der Waals surface area contributed by atoms with E-state index < -0.39 is 5.41 Å². The van der Waals surface area contributed by atoms with E-state index in [1.54, 1.807) is 0 Å². The average molecular weight is 521 g/mol. The molecule has 0 heterocycles. The van der Waals surface area contributed by atoms with Crippen LogP contribution in [0.5, 0.6) is 0 Å². The maximum atomic E-state index is 3.68. The van der Waals surface area contributed by atoms with E-state index in [1.165, 1.54) is 65.7 Å². The average Bonchev–Trinajstić information content (AvgIpc) is 3.23. The normalized spacial score (nSPS) is 13.9. The summed E-state index contributed by atoms with van der Waals surface area (Å²) in [4.78, 5) is 0. The minimum atomic E-state index is -0.419. The summed E-state index contributed by atoms with van der Waals surface area (Å²) in [5.74, 6) is 0. The van der Waals surface area contributed by atoms with Crippen LogP contribution in [0.15, 0.2) is 132 Å². The van der Waals surface area contributed by atoms with Gasteiger partial charge in [-0.05, 0) is 83.9 Å². The summed E-state index contributed by atoms with van der Waals surface area (Å²) < 4.78 is 1.09. The molecule has 36 heavy (non-hydrogen) atoms. The van der Waals surface area contributed by atoms with Gasteiger partial charge in [-0.2, -0.15) is 0 Å². The number of rotatable bonds is 2.